The zero-order valence-corrected chi connectivity index (χ0v) is 18.0. The highest BCUT2D eigenvalue weighted by atomic mass is 16.2. The summed E-state index contributed by atoms with van der Waals surface area (Å²) in [6, 6.07) is 21.2. The standard InChI is InChI=1S/C26H28N4O2/c31-25(22-11-7-15-30(19-22)18-20-8-2-1-3-9-20)29-24-13-5-4-12-23(24)26(32)28-17-21-10-6-14-27-16-21/h1-6,8-10,12-14,16,22H,7,11,15,17-19H2,(H,28,32)(H,29,31). The van der Waals surface area contributed by atoms with E-state index in [0.29, 0.717) is 17.8 Å². The molecule has 1 aliphatic heterocycles. The molecule has 0 radical (unpaired) electrons. The average molecular weight is 429 g/mol. The van der Waals surface area contributed by atoms with E-state index in [1.54, 1.807) is 30.6 Å². The first-order valence-electron chi connectivity index (χ1n) is 11.0. The number of hydrogen-bond acceptors (Lipinski definition) is 4. The first-order valence-corrected chi connectivity index (χ1v) is 11.0. The van der Waals surface area contributed by atoms with Crippen LogP contribution in [0, 0.1) is 5.92 Å². The van der Waals surface area contributed by atoms with Crippen LogP contribution in [0.25, 0.3) is 0 Å². The monoisotopic (exact) mass is 428 g/mol. The first kappa shape index (κ1) is 21.7. The molecular formula is C26H28N4O2. The summed E-state index contributed by atoms with van der Waals surface area (Å²) in [6.45, 7) is 2.94. The van der Waals surface area contributed by atoms with E-state index in [9.17, 15) is 9.59 Å². The highest BCUT2D eigenvalue weighted by Gasteiger charge is 2.26. The molecule has 1 fully saturated rings. The second kappa shape index (κ2) is 10.7. The van der Waals surface area contributed by atoms with Gasteiger partial charge in [-0.3, -0.25) is 19.5 Å². The van der Waals surface area contributed by atoms with Crippen LogP contribution in [-0.4, -0.2) is 34.8 Å². The van der Waals surface area contributed by atoms with Gasteiger partial charge in [-0.1, -0.05) is 48.5 Å². The molecule has 6 nitrogen and oxygen atoms in total. The molecule has 2 heterocycles. The molecule has 0 spiro atoms. The van der Waals surface area contributed by atoms with Crippen LogP contribution in [0.1, 0.15) is 34.3 Å². The highest BCUT2D eigenvalue weighted by Crippen LogP contribution is 2.22. The number of pyridine rings is 1. The molecule has 0 saturated carbocycles. The fourth-order valence-electron chi connectivity index (χ4n) is 4.06. The molecule has 6 heteroatoms. The molecule has 2 aromatic carbocycles. The Morgan fingerprint density at radius 1 is 0.969 bits per heavy atom. The molecule has 3 aromatic rings. The number of amides is 2. The number of piperidine rings is 1. The molecule has 1 saturated heterocycles. The normalized spacial score (nSPS) is 16.3. The topological polar surface area (TPSA) is 74.3 Å². The third-order valence-corrected chi connectivity index (χ3v) is 5.73. The van der Waals surface area contributed by atoms with Crippen molar-refractivity contribution in [2.24, 2.45) is 5.92 Å². The molecule has 1 aromatic heterocycles. The molecule has 0 aliphatic carbocycles. The maximum absolute atomic E-state index is 13.0. The SMILES string of the molecule is O=C(NCc1cccnc1)c1ccccc1NC(=O)C1CCCN(Cc2ccccc2)C1. The molecule has 1 atom stereocenters. The number of likely N-dealkylation sites (tertiary alicyclic amines) is 1. The maximum Gasteiger partial charge on any atom is 0.253 e. The largest absolute Gasteiger partial charge is 0.348 e. The van der Waals surface area contributed by atoms with Gasteiger partial charge in [0.1, 0.15) is 0 Å². The number of rotatable bonds is 7. The van der Waals surface area contributed by atoms with Gasteiger partial charge >= 0.3 is 0 Å². The lowest BCUT2D eigenvalue weighted by Crippen LogP contribution is -2.40. The summed E-state index contributed by atoms with van der Waals surface area (Å²) in [6.07, 6.45) is 5.26. The Balaban J connectivity index is 1.37. The maximum atomic E-state index is 13.0. The van der Waals surface area contributed by atoms with Crippen molar-refractivity contribution < 1.29 is 9.59 Å². The van der Waals surface area contributed by atoms with Crippen molar-refractivity contribution in [2.45, 2.75) is 25.9 Å². The number of aromatic nitrogens is 1. The lowest BCUT2D eigenvalue weighted by Gasteiger charge is -2.32. The van der Waals surface area contributed by atoms with Crippen LogP contribution in [0.2, 0.25) is 0 Å². The molecule has 2 amide bonds. The third kappa shape index (κ3) is 5.80. The van der Waals surface area contributed by atoms with Crippen molar-refractivity contribution in [3.05, 3.63) is 95.8 Å². The predicted molar refractivity (Wildman–Crippen MR) is 125 cm³/mol. The molecule has 2 N–H and O–H groups in total. The van der Waals surface area contributed by atoms with Gasteiger partial charge < -0.3 is 10.6 Å². The van der Waals surface area contributed by atoms with Crippen molar-refractivity contribution >= 4 is 17.5 Å². The Hall–Kier alpha value is -3.51. The average Bonchev–Trinajstić information content (AvgIpc) is 2.84. The number of benzene rings is 2. The fraction of sp³-hybridized carbons (Fsp3) is 0.269. The van der Waals surface area contributed by atoms with E-state index < -0.39 is 0 Å². The minimum atomic E-state index is -0.223. The summed E-state index contributed by atoms with van der Waals surface area (Å²) in [5, 5.41) is 5.91. The summed E-state index contributed by atoms with van der Waals surface area (Å²) < 4.78 is 0. The number of nitrogens with zero attached hydrogens (tertiary/aromatic N) is 2. The number of nitrogens with one attached hydrogen (secondary N) is 2. The number of carbonyl (C=O) groups excluding carboxylic acids is 2. The summed E-state index contributed by atoms with van der Waals surface area (Å²) in [4.78, 5) is 32.2. The molecule has 164 valence electrons. The zero-order chi connectivity index (χ0) is 22.2. The van der Waals surface area contributed by atoms with Gasteiger partial charge in [0.15, 0.2) is 0 Å². The lowest BCUT2D eigenvalue weighted by atomic mass is 9.96. The van der Waals surface area contributed by atoms with Gasteiger partial charge in [-0.05, 0) is 48.7 Å². The van der Waals surface area contributed by atoms with E-state index >= 15 is 0 Å². The fourth-order valence-corrected chi connectivity index (χ4v) is 4.06. The smallest absolute Gasteiger partial charge is 0.253 e. The van der Waals surface area contributed by atoms with Crippen LogP contribution in [-0.2, 0) is 17.9 Å². The zero-order valence-electron chi connectivity index (χ0n) is 18.0. The number of hydrogen-bond donors (Lipinski definition) is 2. The highest BCUT2D eigenvalue weighted by molar-refractivity contribution is 6.04. The van der Waals surface area contributed by atoms with Crippen LogP contribution >= 0.6 is 0 Å². The van der Waals surface area contributed by atoms with Crippen LogP contribution in [0.4, 0.5) is 5.69 Å². The van der Waals surface area contributed by atoms with Crippen LogP contribution < -0.4 is 10.6 Å². The Labute approximate surface area is 188 Å². The second-order valence-corrected chi connectivity index (χ2v) is 8.14. The summed E-state index contributed by atoms with van der Waals surface area (Å²) in [7, 11) is 0. The van der Waals surface area contributed by atoms with Crippen LogP contribution in [0.5, 0.6) is 0 Å². The van der Waals surface area contributed by atoms with Crippen LogP contribution in [0.3, 0.4) is 0 Å². The van der Waals surface area contributed by atoms with Gasteiger partial charge in [-0.15, -0.1) is 0 Å². The van der Waals surface area contributed by atoms with Crippen molar-refractivity contribution in [1.29, 1.82) is 0 Å². The third-order valence-electron chi connectivity index (χ3n) is 5.73. The van der Waals surface area contributed by atoms with Gasteiger partial charge in [-0.25, -0.2) is 0 Å². The number of para-hydroxylation sites is 1. The first-order chi connectivity index (χ1) is 15.7. The quantitative estimate of drug-likeness (QED) is 0.599. The number of anilines is 1. The van der Waals surface area contributed by atoms with Crippen molar-refractivity contribution in [1.82, 2.24) is 15.2 Å². The van der Waals surface area contributed by atoms with Crippen molar-refractivity contribution in [3.8, 4) is 0 Å². The van der Waals surface area contributed by atoms with Gasteiger partial charge in [-0.2, -0.15) is 0 Å². The van der Waals surface area contributed by atoms with E-state index in [4.69, 9.17) is 0 Å². The van der Waals surface area contributed by atoms with Crippen molar-refractivity contribution in [3.63, 3.8) is 0 Å². The second-order valence-electron chi connectivity index (χ2n) is 8.14. The summed E-state index contributed by atoms with van der Waals surface area (Å²) in [5.74, 6) is -0.353. The lowest BCUT2D eigenvalue weighted by molar-refractivity contribution is -0.121. The minimum absolute atomic E-state index is 0.0322. The molecule has 32 heavy (non-hydrogen) atoms. The Kier molecular flexibility index (Phi) is 7.25. The predicted octanol–water partition coefficient (Wildman–Crippen LogP) is 3.86. The molecule has 4 rings (SSSR count). The van der Waals surface area contributed by atoms with E-state index in [-0.39, 0.29) is 17.7 Å². The van der Waals surface area contributed by atoms with Gasteiger partial charge in [0.25, 0.3) is 5.91 Å². The van der Waals surface area contributed by atoms with E-state index in [0.717, 1.165) is 38.0 Å². The molecule has 0 bridgehead atoms. The summed E-state index contributed by atoms with van der Waals surface area (Å²) >= 11 is 0. The van der Waals surface area contributed by atoms with Gasteiger partial charge in [0.05, 0.1) is 17.2 Å². The Morgan fingerprint density at radius 2 is 1.75 bits per heavy atom. The Morgan fingerprint density at radius 3 is 2.56 bits per heavy atom. The van der Waals surface area contributed by atoms with Crippen molar-refractivity contribution in [2.75, 3.05) is 18.4 Å². The molecule has 1 unspecified atom stereocenters. The Bertz CT molecular complexity index is 1040. The van der Waals surface area contributed by atoms with Gasteiger partial charge in [0, 0.05) is 32.0 Å². The molecule has 1 aliphatic rings. The van der Waals surface area contributed by atoms with E-state index in [2.05, 4.69) is 32.7 Å². The van der Waals surface area contributed by atoms with Crippen LogP contribution in [0.15, 0.2) is 79.1 Å². The number of carbonyl (C=O) groups is 2. The van der Waals surface area contributed by atoms with Gasteiger partial charge in [0.2, 0.25) is 5.91 Å². The van der Waals surface area contributed by atoms with E-state index in [1.807, 2.05) is 36.4 Å². The summed E-state index contributed by atoms with van der Waals surface area (Å²) in [5.41, 5.74) is 3.18. The van der Waals surface area contributed by atoms with E-state index in [1.165, 1.54) is 5.56 Å². The minimum Gasteiger partial charge on any atom is -0.348 e. The molecular weight excluding hydrogens is 400 g/mol.